The van der Waals surface area contributed by atoms with Crippen LogP contribution in [0.5, 0.6) is 0 Å². The maximum Gasteiger partial charge on any atom is 0.0607 e. The van der Waals surface area contributed by atoms with Crippen molar-refractivity contribution in [3.63, 3.8) is 0 Å². The molecular formula is C10H15ClN2O. The molecule has 0 amide bonds. The van der Waals surface area contributed by atoms with E-state index in [4.69, 9.17) is 22.4 Å². The second-order valence-electron chi connectivity index (χ2n) is 2.97. The van der Waals surface area contributed by atoms with Gasteiger partial charge in [0.05, 0.1) is 18.0 Å². The fourth-order valence-electron chi connectivity index (χ4n) is 1.33. The molecule has 0 bridgehead atoms. The number of nitrogen functional groups attached to an aromatic ring is 1. The fraction of sp³-hybridized carbons (Fsp3) is 0.400. The Kier molecular flexibility index (Phi) is 4.56. The Bertz CT molecular complexity index is 291. The predicted molar refractivity (Wildman–Crippen MR) is 60.9 cm³/mol. The second-order valence-corrected chi connectivity index (χ2v) is 3.35. The smallest absolute Gasteiger partial charge is 0.0607 e. The highest BCUT2D eigenvalue weighted by atomic mass is 35.5. The van der Waals surface area contributed by atoms with Gasteiger partial charge in [-0.2, -0.15) is 0 Å². The van der Waals surface area contributed by atoms with E-state index < -0.39 is 0 Å². The van der Waals surface area contributed by atoms with E-state index in [0.717, 1.165) is 17.7 Å². The van der Waals surface area contributed by atoms with E-state index in [2.05, 4.69) is 5.32 Å². The van der Waals surface area contributed by atoms with Crippen LogP contribution in [0.3, 0.4) is 0 Å². The monoisotopic (exact) mass is 214 g/mol. The molecule has 0 aliphatic rings. The van der Waals surface area contributed by atoms with Crippen LogP contribution in [0.1, 0.15) is 5.56 Å². The number of hydrogen-bond donors (Lipinski definition) is 3. The molecule has 4 heteroatoms. The van der Waals surface area contributed by atoms with Crippen LogP contribution in [0.25, 0.3) is 0 Å². The van der Waals surface area contributed by atoms with Gasteiger partial charge >= 0.3 is 0 Å². The minimum absolute atomic E-state index is 0.0919. The SMILES string of the molecule is Nc1cccc(CCCl)c1NCCO. The summed E-state index contributed by atoms with van der Waals surface area (Å²) in [5.41, 5.74) is 8.48. The quantitative estimate of drug-likeness (QED) is 0.514. The first-order valence-electron chi connectivity index (χ1n) is 4.57. The highest BCUT2D eigenvalue weighted by Gasteiger charge is 2.04. The van der Waals surface area contributed by atoms with Crippen LogP contribution in [0, 0.1) is 0 Å². The van der Waals surface area contributed by atoms with E-state index in [1.54, 1.807) is 0 Å². The first kappa shape index (κ1) is 11.1. The zero-order valence-corrected chi connectivity index (χ0v) is 8.72. The summed E-state index contributed by atoms with van der Waals surface area (Å²) in [5.74, 6) is 0.567. The summed E-state index contributed by atoms with van der Waals surface area (Å²) in [7, 11) is 0. The molecule has 3 nitrogen and oxygen atoms in total. The van der Waals surface area contributed by atoms with Crippen molar-refractivity contribution in [1.82, 2.24) is 0 Å². The van der Waals surface area contributed by atoms with Gasteiger partial charge in [0.2, 0.25) is 0 Å². The molecule has 78 valence electrons. The fourth-order valence-corrected chi connectivity index (χ4v) is 1.53. The molecule has 0 aliphatic heterocycles. The van der Waals surface area contributed by atoms with Crippen LogP contribution in [0.4, 0.5) is 11.4 Å². The second kappa shape index (κ2) is 5.73. The van der Waals surface area contributed by atoms with Crippen LogP contribution >= 0.6 is 11.6 Å². The summed E-state index contributed by atoms with van der Waals surface area (Å²) in [6, 6.07) is 5.72. The lowest BCUT2D eigenvalue weighted by molar-refractivity contribution is 0.311. The molecule has 0 fully saturated rings. The van der Waals surface area contributed by atoms with Crippen molar-refractivity contribution in [3.8, 4) is 0 Å². The summed E-state index contributed by atoms with van der Waals surface area (Å²) in [4.78, 5) is 0. The van der Waals surface area contributed by atoms with Gasteiger partial charge in [0.1, 0.15) is 0 Å². The number of anilines is 2. The number of alkyl halides is 1. The molecule has 0 radical (unpaired) electrons. The van der Waals surface area contributed by atoms with Gasteiger partial charge in [-0.15, -0.1) is 11.6 Å². The first-order chi connectivity index (χ1) is 6.79. The lowest BCUT2D eigenvalue weighted by Gasteiger charge is -2.12. The maximum atomic E-state index is 8.71. The van der Waals surface area contributed by atoms with Crippen molar-refractivity contribution in [2.45, 2.75) is 6.42 Å². The molecule has 0 heterocycles. The summed E-state index contributed by atoms with van der Waals surface area (Å²) >= 11 is 5.68. The third-order valence-corrected chi connectivity index (χ3v) is 2.15. The predicted octanol–water partition coefficient (Wildman–Crippen LogP) is 1.45. The molecule has 0 aromatic heterocycles. The van der Waals surface area contributed by atoms with Crippen molar-refractivity contribution < 1.29 is 5.11 Å². The van der Waals surface area contributed by atoms with Crippen LogP contribution in [0.2, 0.25) is 0 Å². The summed E-state index contributed by atoms with van der Waals surface area (Å²) in [6.45, 7) is 0.595. The van der Waals surface area contributed by atoms with Gasteiger partial charge < -0.3 is 16.2 Å². The van der Waals surface area contributed by atoms with E-state index in [1.165, 1.54) is 0 Å². The number of aliphatic hydroxyl groups is 1. The molecule has 1 rings (SSSR count). The Morgan fingerprint density at radius 3 is 2.86 bits per heavy atom. The third kappa shape index (κ3) is 2.79. The minimum atomic E-state index is 0.0919. The topological polar surface area (TPSA) is 58.3 Å². The zero-order valence-electron chi connectivity index (χ0n) is 7.96. The maximum absolute atomic E-state index is 8.71. The number of aliphatic hydroxyl groups excluding tert-OH is 1. The van der Waals surface area contributed by atoms with Crippen molar-refractivity contribution >= 4 is 23.0 Å². The van der Waals surface area contributed by atoms with E-state index in [0.29, 0.717) is 18.1 Å². The van der Waals surface area contributed by atoms with Gasteiger partial charge in [-0.3, -0.25) is 0 Å². The van der Waals surface area contributed by atoms with Crippen molar-refractivity contribution in [3.05, 3.63) is 23.8 Å². The Balaban J connectivity index is 2.84. The van der Waals surface area contributed by atoms with Crippen LogP contribution in [0.15, 0.2) is 18.2 Å². The summed E-state index contributed by atoms with van der Waals surface area (Å²) in [5, 5.41) is 11.8. The molecule has 0 saturated heterocycles. The Morgan fingerprint density at radius 2 is 2.21 bits per heavy atom. The molecular weight excluding hydrogens is 200 g/mol. The Hall–Kier alpha value is -0.930. The standard InChI is InChI=1S/C10H15ClN2O/c11-5-4-8-2-1-3-9(12)10(8)13-6-7-14/h1-3,13-14H,4-7,12H2. The number of nitrogens with one attached hydrogen (secondary N) is 1. The molecule has 0 aliphatic carbocycles. The van der Waals surface area contributed by atoms with Crippen molar-refractivity contribution in [2.75, 3.05) is 30.1 Å². The lowest BCUT2D eigenvalue weighted by Crippen LogP contribution is -2.10. The van der Waals surface area contributed by atoms with Gasteiger partial charge in [0.25, 0.3) is 0 Å². The van der Waals surface area contributed by atoms with Crippen LogP contribution < -0.4 is 11.1 Å². The van der Waals surface area contributed by atoms with E-state index >= 15 is 0 Å². The number of hydrogen-bond acceptors (Lipinski definition) is 3. The average Bonchev–Trinajstić information content (AvgIpc) is 2.18. The van der Waals surface area contributed by atoms with Gasteiger partial charge in [0.15, 0.2) is 0 Å². The number of benzene rings is 1. The van der Waals surface area contributed by atoms with E-state index in [-0.39, 0.29) is 6.61 Å². The van der Waals surface area contributed by atoms with Crippen molar-refractivity contribution in [1.29, 1.82) is 0 Å². The van der Waals surface area contributed by atoms with Gasteiger partial charge in [-0.25, -0.2) is 0 Å². The van der Waals surface area contributed by atoms with Crippen LogP contribution in [-0.4, -0.2) is 24.1 Å². The molecule has 0 spiro atoms. The van der Waals surface area contributed by atoms with Gasteiger partial charge in [0, 0.05) is 12.4 Å². The van der Waals surface area contributed by atoms with E-state index in [1.807, 2.05) is 18.2 Å². The first-order valence-corrected chi connectivity index (χ1v) is 5.11. The van der Waals surface area contributed by atoms with E-state index in [9.17, 15) is 0 Å². The lowest BCUT2D eigenvalue weighted by atomic mass is 10.1. The third-order valence-electron chi connectivity index (χ3n) is 1.96. The molecule has 1 aromatic carbocycles. The summed E-state index contributed by atoms with van der Waals surface area (Å²) in [6.07, 6.45) is 0.778. The number of rotatable bonds is 5. The van der Waals surface area contributed by atoms with Crippen molar-refractivity contribution in [2.24, 2.45) is 0 Å². The normalized spacial score (nSPS) is 10.1. The minimum Gasteiger partial charge on any atom is -0.397 e. The molecule has 4 N–H and O–H groups in total. The number of para-hydroxylation sites is 1. The largest absolute Gasteiger partial charge is 0.397 e. The number of aryl methyl sites for hydroxylation is 1. The van der Waals surface area contributed by atoms with Gasteiger partial charge in [-0.1, -0.05) is 12.1 Å². The summed E-state index contributed by atoms with van der Waals surface area (Å²) < 4.78 is 0. The average molecular weight is 215 g/mol. The number of nitrogens with two attached hydrogens (primary N) is 1. The highest BCUT2D eigenvalue weighted by Crippen LogP contribution is 2.23. The van der Waals surface area contributed by atoms with Crippen LogP contribution in [-0.2, 0) is 6.42 Å². The highest BCUT2D eigenvalue weighted by molar-refractivity contribution is 6.18. The molecule has 14 heavy (non-hydrogen) atoms. The zero-order chi connectivity index (χ0) is 10.4. The van der Waals surface area contributed by atoms with Gasteiger partial charge in [-0.05, 0) is 18.1 Å². The number of halogens is 1. The molecule has 1 aromatic rings. The molecule has 0 atom stereocenters. The molecule has 0 saturated carbocycles. The Morgan fingerprint density at radius 1 is 1.43 bits per heavy atom. The molecule has 0 unspecified atom stereocenters. The Labute approximate surface area is 88.9 Å².